The summed E-state index contributed by atoms with van der Waals surface area (Å²) in [5.74, 6) is -2.19. The van der Waals surface area contributed by atoms with E-state index in [9.17, 15) is 50.8 Å². The molecule has 1 aromatic rings. The second kappa shape index (κ2) is 13.9. The predicted molar refractivity (Wildman–Crippen MR) is 151 cm³/mol. The van der Waals surface area contributed by atoms with E-state index in [1.54, 1.807) is 30.3 Å². The van der Waals surface area contributed by atoms with Crippen LogP contribution in [0.25, 0.3) is 6.08 Å². The second-order valence-corrected chi connectivity index (χ2v) is 12.0. The summed E-state index contributed by atoms with van der Waals surface area (Å²) >= 11 is 0. The Kier molecular flexibility index (Phi) is 10.5. The summed E-state index contributed by atoms with van der Waals surface area (Å²) in [6.45, 7) is -0.00438. The van der Waals surface area contributed by atoms with Gasteiger partial charge in [0.25, 0.3) is 0 Å². The molecule has 4 aliphatic rings. The molecule has 0 amide bonds. The van der Waals surface area contributed by atoms with Crippen molar-refractivity contribution in [3.63, 3.8) is 0 Å². The van der Waals surface area contributed by atoms with Gasteiger partial charge in [0, 0.05) is 12.5 Å². The number of rotatable bonds is 9. The maximum absolute atomic E-state index is 13.1. The lowest BCUT2D eigenvalue weighted by atomic mass is 9.81. The summed E-state index contributed by atoms with van der Waals surface area (Å²) in [6.07, 6.45) is -14.8. The van der Waals surface area contributed by atoms with Gasteiger partial charge in [-0.15, -0.1) is 0 Å². The molecule has 3 heterocycles. The van der Waals surface area contributed by atoms with Crippen molar-refractivity contribution in [2.75, 3.05) is 13.2 Å². The zero-order valence-corrected chi connectivity index (χ0v) is 24.7. The van der Waals surface area contributed by atoms with Crippen LogP contribution in [0.1, 0.15) is 18.9 Å². The van der Waals surface area contributed by atoms with Crippen molar-refractivity contribution in [3.05, 3.63) is 54.3 Å². The molecule has 1 saturated carbocycles. The van der Waals surface area contributed by atoms with Gasteiger partial charge >= 0.3 is 5.97 Å². The highest BCUT2D eigenvalue weighted by molar-refractivity contribution is 5.87. The van der Waals surface area contributed by atoms with E-state index in [-0.39, 0.29) is 6.42 Å². The molecule has 46 heavy (non-hydrogen) atoms. The molecule has 15 atom stereocenters. The average Bonchev–Trinajstić information content (AvgIpc) is 3.26. The van der Waals surface area contributed by atoms with Crippen molar-refractivity contribution in [2.24, 2.45) is 5.92 Å². The fraction of sp³-hybridized carbons (Fsp3) is 0.633. The first-order valence-electron chi connectivity index (χ1n) is 14.8. The highest BCUT2D eigenvalue weighted by Gasteiger charge is 2.68. The number of aliphatic hydroxyl groups excluding tert-OH is 8. The largest absolute Gasteiger partial charge is 0.472 e. The van der Waals surface area contributed by atoms with Crippen molar-refractivity contribution in [2.45, 2.75) is 98.4 Å². The molecule has 256 valence electrons. The van der Waals surface area contributed by atoms with Gasteiger partial charge in [0.1, 0.15) is 60.0 Å². The highest BCUT2D eigenvalue weighted by atomic mass is 16.8. The number of carbonyl (C=O) groups excluding carboxylic acids is 1. The monoisotopic (exact) mass is 656 g/mol. The molecule has 16 heteroatoms. The van der Waals surface area contributed by atoms with E-state index in [4.69, 9.17) is 28.4 Å². The first-order valence-corrected chi connectivity index (χ1v) is 14.8. The third kappa shape index (κ3) is 6.59. The van der Waals surface area contributed by atoms with Crippen molar-refractivity contribution in [1.29, 1.82) is 0 Å². The van der Waals surface area contributed by atoms with Crippen LogP contribution in [0.15, 0.2) is 48.7 Å². The normalized spacial score (nSPS) is 45.7. The fourth-order valence-corrected chi connectivity index (χ4v) is 6.39. The molecule has 1 aliphatic carbocycles. The number of esters is 1. The summed E-state index contributed by atoms with van der Waals surface area (Å²) in [5.41, 5.74) is -3.10. The number of carbonyl (C=O) groups is 1. The third-order valence-electron chi connectivity index (χ3n) is 8.89. The Balaban J connectivity index is 1.44. The number of ether oxygens (including phenoxy) is 6. The van der Waals surface area contributed by atoms with Crippen LogP contribution < -0.4 is 0 Å². The summed E-state index contributed by atoms with van der Waals surface area (Å²) in [6, 6.07) is 8.87. The Morgan fingerprint density at radius 3 is 1.98 bits per heavy atom. The van der Waals surface area contributed by atoms with Crippen LogP contribution in [-0.4, -0.2) is 150 Å². The predicted octanol–water partition coefficient (Wildman–Crippen LogP) is -3.38. The number of hydrogen-bond acceptors (Lipinski definition) is 16. The topological polar surface area (TPSA) is 255 Å². The Hall–Kier alpha value is -2.55. The van der Waals surface area contributed by atoms with E-state index in [0.29, 0.717) is 5.56 Å². The van der Waals surface area contributed by atoms with E-state index >= 15 is 0 Å². The van der Waals surface area contributed by atoms with Crippen molar-refractivity contribution >= 4 is 12.0 Å². The van der Waals surface area contributed by atoms with E-state index in [1.807, 2.05) is 0 Å². The molecule has 9 N–H and O–H groups in total. The molecule has 3 fully saturated rings. The zero-order valence-electron chi connectivity index (χ0n) is 24.7. The van der Waals surface area contributed by atoms with Crippen molar-refractivity contribution < 1.29 is 79.2 Å². The van der Waals surface area contributed by atoms with Gasteiger partial charge in [-0.1, -0.05) is 30.3 Å². The molecule has 3 aliphatic heterocycles. The molecule has 16 nitrogen and oxygen atoms in total. The smallest absolute Gasteiger partial charge is 0.331 e. The summed E-state index contributed by atoms with van der Waals surface area (Å²) in [5, 5.41) is 93.5. The number of benzene rings is 1. The van der Waals surface area contributed by atoms with Crippen LogP contribution in [-0.2, 0) is 33.2 Å². The van der Waals surface area contributed by atoms with E-state index in [0.717, 1.165) is 6.26 Å². The Morgan fingerprint density at radius 2 is 1.41 bits per heavy atom. The van der Waals surface area contributed by atoms with Gasteiger partial charge in [-0.25, -0.2) is 4.79 Å². The molecule has 0 aromatic heterocycles. The van der Waals surface area contributed by atoms with Crippen molar-refractivity contribution in [1.82, 2.24) is 0 Å². The molecule has 1 aromatic carbocycles. The summed E-state index contributed by atoms with van der Waals surface area (Å²) in [7, 11) is 0. The second-order valence-electron chi connectivity index (χ2n) is 12.0. The number of fused-ring (bicyclic) bond motifs is 1. The van der Waals surface area contributed by atoms with Gasteiger partial charge in [-0.3, -0.25) is 0 Å². The molecule has 5 rings (SSSR count). The zero-order chi connectivity index (χ0) is 33.4. The van der Waals surface area contributed by atoms with Crippen LogP contribution in [0.5, 0.6) is 0 Å². The lowest BCUT2D eigenvalue weighted by Gasteiger charge is -2.46. The van der Waals surface area contributed by atoms with Gasteiger partial charge in [-0.05, 0) is 24.6 Å². The minimum Gasteiger partial charge on any atom is -0.472 e. The van der Waals surface area contributed by atoms with Gasteiger partial charge in [0.05, 0.1) is 31.5 Å². The van der Waals surface area contributed by atoms with Crippen LogP contribution >= 0.6 is 0 Å². The van der Waals surface area contributed by atoms with Crippen LogP contribution in [0.2, 0.25) is 0 Å². The van der Waals surface area contributed by atoms with Gasteiger partial charge in [0.2, 0.25) is 6.29 Å². The van der Waals surface area contributed by atoms with Crippen LogP contribution in [0.4, 0.5) is 0 Å². The fourth-order valence-electron chi connectivity index (χ4n) is 6.39. The Labute approximate surface area is 263 Å². The minimum atomic E-state index is -2.12. The number of aliphatic hydroxyl groups is 9. The van der Waals surface area contributed by atoms with Gasteiger partial charge < -0.3 is 74.4 Å². The summed E-state index contributed by atoms with van der Waals surface area (Å²) in [4.78, 5) is 13.1. The first-order chi connectivity index (χ1) is 21.8. The lowest BCUT2D eigenvalue weighted by Crippen LogP contribution is -2.63. The van der Waals surface area contributed by atoms with Gasteiger partial charge in [0.15, 0.2) is 12.6 Å². The quantitative estimate of drug-likeness (QED) is 0.0928. The number of hydrogen-bond donors (Lipinski definition) is 9. The lowest BCUT2D eigenvalue weighted by molar-refractivity contribution is -0.354. The molecule has 0 spiro atoms. The molecule has 0 radical (unpaired) electrons. The SMILES string of the molecule is C[C@]1(OC(=O)C=Cc2ccccc2)C[C@@H](O[C@H]2O[C@H](CO)[C@H](O)[C@H](O)[C@H]2O)[C@]2(O)C=CO[C@@H](O[C@@H]3O[C@H](CO)[C@@H](O)[C@H](O)[C@H]3O)[C@@H]21. The molecule has 2 saturated heterocycles. The molecular weight excluding hydrogens is 616 g/mol. The maximum atomic E-state index is 13.1. The Morgan fingerprint density at radius 1 is 0.848 bits per heavy atom. The van der Waals surface area contributed by atoms with E-state index in [1.165, 1.54) is 25.2 Å². The third-order valence-corrected chi connectivity index (χ3v) is 8.89. The van der Waals surface area contributed by atoms with E-state index in [2.05, 4.69) is 0 Å². The molecule has 0 unspecified atom stereocenters. The van der Waals surface area contributed by atoms with E-state index < -0.39 is 110 Å². The highest BCUT2D eigenvalue weighted by Crippen LogP contribution is 2.53. The maximum Gasteiger partial charge on any atom is 0.331 e. The molecular formula is C30H40O16. The van der Waals surface area contributed by atoms with Crippen LogP contribution in [0.3, 0.4) is 0 Å². The first kappa shape index (κ1) is 34.8. The standard InChI is InChI=1S/C30H40O16/c1-29(46-18(33)8-7-14-5-3-2-4-6-14)11-17(44-26-23(38)21(36)19(34)15(12-31)42-26)30(40)9-10-41-28(25(29)30)45-27-24(39)22(37)20(35)16(13-32)43-27/h2-10,15-17,19-28,31-32,34-40H,11-13H2,1H3/t15-,16-,17-,19+,20-,21+,22+,23-,24-,25-,26-,27+,28+,29+,30-/m1/s1. The molecule has 0 bridgehead atoms. The Bertz CT molecular complexity index is 1240. The minimum absolute atomic E-state index is 0.281. The van der Waals surface area contributed by atoms with Crippen molar-refractivity contribution in [3.8, 4) is 0 Å². The van der Waals surface area contributed by atoms with Crippen LogP contribution in [0, 0.1) is 5.92 Å². The summed E-state index contributed by atoms with van der Waals surface area (Å²) < 4.78 is 34.3. The van der Waals surface area contributed by atoms with Gasteiger partial charge in [-0.2, -0.15) is 0 Å². The average molecular weight is 657 g/mol.